The second-order valence-corrected chi connectivity index (χ2v) is 12.4. The van der Waals surface area contributed by atoms with Gasteiger partial charge in [-0.2, -0.15) is 0 Å². The van der Waals surface area contributed by atoms with Crippen LogP contribution in [-0.4, -0.2) is 83.8 Å². The van der Waals surface area contributed by atoms with Crippen LogP contribution in [0.25, 0.3) is 0 Å². The van der Waals surface area contributed by atoms with Crippen molar-refractivity contribution >= 4 is 23.6 Å². The molecule has 2 N–H and O–H groups in total. The van der Waals surface area contributed by atoms with Gasteiger partial charge in [0.1, 0.15) is 11.7 Å². The second kappa shape index (κ2) is 11.2. The summed E-state index contributed by atoms with van der Waals surface area (Å²) in [5.41, 5.74) is 0.675. The van der Waals surface area contributed by atoms with Crippen molar-refractivity contribution in [3.05, 3.63) is 66.0 Å². The van der Waals surface area contributed by atoms with Gasteiger partial charge < -0.3 is 25.2 Å². The van der Waals surface area contributed by atoms with Crippen molar-refractivity contribution in [2.75, 3.05) is 33.2 Å². The molecule has 3 aliphatic rings. The van der Waals surface area contributed by atoms with Crippen LogP contribution in [0.3, 0.4) is 0 Å². The third kappa shape index (κ3) is 5.84. The molecule has 1 aromatic carbocycles. The van der Waals surface area contributed by atoms with E-state index in [1.54, 1.807) is 36.2 Å². The first-order valence-electron chi connectivity index (χ1n) is 14.2. The minimum atomic E-state index is -0.932. The van der Waals surface area contributed by atoms with Crippen LogP contribution in [0.5, 0.6) is 0 Å². The van der Waals surface area contributed by atoms with Gasteiger partial charge in [-0.3, -0.25) is 24.2 Å². The minimum absolute atomic E-state index is 0.0000248. The summed E-state index contributed by atoms with van der Waals surface area (Å²) in [5.74, 6) is -1.44. The Kier molecular flexibility index (Phi) is 7.87. The quantitative estimate of drug-likeness (QED) is 0.482. The fourth-order valence-electron chi connectivity index (χ4n) is 6.14. The van der Waals surface area contributed by atoms with E-state index in [2.05, 4.69) is 29.5 Å². The molecule has 41 heavy (non-hydrogen) atoms. The highest BCUT2D eigenvalue weighted by molar-refractivity contribution is 5.94. The SMILES string of the molecule is CNC(=O)[C@@H](NC(=O)[C@H]1CN(C(=O)c2ccccn2)CC12CN(C(=O)[C@H]1CC1(C)C)C2)[C@@H](C)OCc1ccccc1. The third-order valence-electron chi connectivity index (χ3n) is 8.92. The van der Waals surface area contributed by atoms with Crippen molar-refractivity contribution < 1.29 is 23.9 Å². The Morgan fingerprint density at radius 3 is 2.27 bits per heavy atom. The Morgan fingerprint density at radius 2 is 1.66 bits per heavy atom. The number of ether oxygens (including phenoxy) is 1. The van der Waals surface area contributed by atoms with Gasteiger partial charge in [-0.05, 0) is 36.5 Å². The van der Waals surface area contributed by atoms with Crippen LogP contribution >= 0.6 is 0 Å². The lowest BCUT2D eigenvalue weighted by Crippen LogP contribution is -2.65. The maximum absolute atomic E-state index is 13.9. The van der Waals surface area contributed by atoms with Crippen LogP contribution in [0.1, 0.15) is 43.2 Å². The van der Waals surface area contributed by atoms with E-state index in [0.29, 0.717) is 31.9 Å². The number of likely N-dealkylation sites (N-methyl/N-ethyl adjacent to an activating group) is 1. The minimum Gasteiger partial charge on any atom is -0.371 e. The average molecular weight is 562 g/mol. The van der Waals surface area contributed by atoms with Crippen molar-refractivity contribution in [1.29, 1.82) is 0 Å². The molecule has 1 aromatic heterocycles. The molecule has 4 atom stereocenters. The van der Waals surface area contributed by atoms with E-state index in [4.69, 9.17) is 4.74 Å². The van der Waals surface area contributed by atoms with Crippen LogP contribution in [-0.2, 0) is 25.7 Å². The van der Waals surface area contributed by atoms with E-state index in [0.717, 1.165) is 12.0 Å². The van der Waals surface area contributed by atoms with Gasteiger partial charge in [0.25, 0.3) is 5.91 Å². The Bertz CT molecular complexity index is 1290. The number of amides is 4. The number of hydrogen-bond donors (Lipinski definition) is 2. The first kappa shape index (κ1) is 28.7. The zero-order valence-corrected chi connectivity index (χ0v) is 24.1. The summed E-state index contributed by atoms with van der Waals surface area (Å²) in [6.45, 7) is 7.53. The average Bonchev–Trinajstić information content (AvgIpc) is 3.42. The summed E-state index contributed by atoms with van der Waals surface area (Å²) >= 11 is 0. The van der Waals surface area contributed by atoms with Crippen LogP contribution in [0, 0.1) is 22.7 Å². The van der Waals surface area contributed by atoms with Gasteiger partial charge in [0, 0.05) is 50.8 Å². The number of carbonyl (C=O) groups is 4. The monoisotopic (exact) mass is 561 g/mol. The third-order valence-corrected chi connectivity index (χ3v) is 8.92. The molecule has 0 bridgehead atoms. The summed E-state index contributed by atoms with van der Waals surface area (Å²) in [4.78, 5) is 60.9. The maximum Gasteiger partial charge on any atom is 0.272 e. The Balaban J connectivity index is 1.32. The second-order valence-electron chi connectivity index (χ2n) is 12.4. The van der Waals surface area contributed by atoms with E-state index in [1.807, 2.05) is 35.2 Å². The van der Waals surface area contributed by atoms with E-state index >= 15 is 0 Å². The van der Waals surface area contributed by atoms with Gasteiger partial charge in [0.2, 0.25) is 17.7 Å². The number of hydrogen-bond acceptors (Lipinski definition) is 6. The van der Waals surface area contributed by atoms with Crippen molar-refractivity contribution in [3.8, 4) is 0 Å². The van der Waals surface area contributed by atoms with Gasteiger partial charge in [-0.25, -0.2) is 0 Å². The standard InChI is InChI=1S/C31H39N5O5/c1-20(41-16-21-10-6-5-7-11-21)25(27(38)32-4)34-26(37)23-15-35(29(40)24-12-8-9-13-33-24)17-31(23)18-36(19-31)28(39)22-14-30(22,2)3/h5-13,20,22-23,25H,14-19H2,1-4H3,(H,32,38)(H,34,37)/t20-,22-,23-,25+/m1/s1. The Labute approximate surface area is 240 Å². The molecule has 1 saturated carbocycles. The van der Waals surface area contributed by atoms with Crippen LogP contribution in [0.15, 0.2) is 54.7 Å². The number of benzene rings is 1. The lowest BCUT2D eigenvalue weighted by atomic mass is 9.70. The lowest BCUT2D eigenvalue weighted by Gasteiger charge is -2.50. The molecular weight excluding hydrogens is 522 g/mol. The first-order valence-corrected chi connectivity index (χ1v) is 14.2. The number of likely N-dealkylation sites (tertiary alicyclic amines) is 2. The van der Waals surface area contributed by atoms with Gasteiger partial charge >= 0.3 is 0 Å². The molecule has 3 fully saturated rings. The van der Waals surface area contributed by atoms with E-state index in [-0.39, 0.29) is 41.5 Å². The predicted octanol–water partition coefficient (Wildman–Crippen LogP) is 1.86. The van der Waals surface area contributed by atoms with Crippen molar-refractivity contribution in [2.45, 2.75) is 45.9 Å². The number of nitrogens with one attached hydrogen (secondary N) is 2. The van der Waals surface area contributed by atoms with Crippen molar-refractivity contribution in [1.82, 2.24) is 25.4 Å². The molecule has 0 radical (unpaired) electrons. The molecule has 5 rings (SSSR count). The molecule has 3 heterocycles. The molecule has 4 amide bonds. The van der Waals surface area contributed by atoms with Gasteiger partial charge in [0.05, 0.1) is 18.6 Å². The van der Waals surface area contributed by atoms with E-state index < -0.39 is 23.5 Å². The van der Waals surface area contributed by atoms with Crippen molar-refractivity contribution in [2.24, 2.45) is 22.7 Å². The number of aromatic nitrogens is 1. The fraction of sp³-hybridized carbons (Fsp3) is 0.516. The predicted molar refractivity (Wildman–Crippen MR) is 151 cm³/mol. The number of nitrogens with zero attached hydrogens (tertiary/aromatic N) is 3. The zero-order chi connectivity index (χ0) is 29.4. The lowest BCUT2D eigenvalue weighted by molar-refractivity contribution is -0.152. The van der Waals surface area contributed by atoms with Gasteiger partial charge in [-0.1, -0.05) is 50.2 Å². The number of pyridine rings is 1. The molecule has 1 aliphatic carbocycles. The Hall–Kier alpha value is -3.79. The largest absolute Gasteiger partial charge is 0.371 e. The van der Waals surface area contributed by atoms with E-state index in [9.17, 15) is 19.2 Å². The molecule has 218 valence electrons. The van der Waals surface area contributed by atoms with Crippen LogP contribution in [0.2, 0.25) is 0 Å². The zero-order valence-electron chi connectivity index (χ0n) is 24.1. The smallest absolute Gasteiger partial charge is 0.272 e. The normalized spacial score (nSPS) is 23.3. The van der Waals surface area contributed by atoms with Crippen molar-refractivity contribution in [3.63, 3.8) is 0 Å². The van der Waals surface area contributed by atoms with Crippen LogP contribution in [0.4, 0.5) is 0 Å². The summed E-state index contributed by atoms with van der Waals surface area (Å²) in [7, 11) is 1.52. The molecule has 1 spiro atoms. The molecule has 10 heteroatoms. The van der Waals surface area contributed by atoms with Crippen LogP contribution < -0.4 is 10.6 Å². The fourth-order valence-corrected chi connectivity index (χ4v) is 6.14. The highest BCUT2D eigenvalue weighted by Gasteiger charge is 2.62. The van der Waals surface area contributed by atoms with Gasteiger partial charge in [0.15, 0.2) is 0 Å². The first-order chi connectivity index (χ1) is 19.5. The molecular formula is C31H39N5O5. The molecule has 0 unspecified atom stereocenters. The topological polar surface area (TPSA) is 121 Å². The molecule has 2 aromatic rings. The summed E-state index contributed by atoms with van der Waals surface area (Å²) < 4.78 is 5.99. The number of carbonyl (C=O) groups excluding carboxylic acids is 4. The summed E-state index contributed by atoms with van der Waals surface area (Å²) in [6, 6.07) is 13.8. The maximum atomic E-state index is 13.9. The summed E-state index contributed by atoms with van der Waals surface area (Å²) in [5, 5.41) is 5.55. The molecule has 10 nitrogen and oxygen atoms in total. The van der Waals surface area contributed by atoms with E-state index in [1.165, 1.54) is 7.05 Å². The highest BCUT2D eigenvalue weighted by Crippen LogP contribution is 2.54. The Morgan fingerprint density at radius 1 is 1.00 bits per heavy atom. The molecule has 2 aliphatic heterocycles. The molecule has 2 saturated heterocycles. The number of rotatable bonds is 9. The highest BCUT2D eigenvalue weighted by atomic mass is 16.5. The van der Waals surface area contributed by atoms with Gasteiger partial charge in [-0.15, -0.1) is 0 Å². The summed E-state index contributed by atoms with van der Waals surface area (Å²) in [6.07, 6.45) is 1.81.